The van der Waals surface area contributed by atoms with Crippen molar-refractivity contribution in [1.29, 1.82) is 0 Å². The van der Waals surface area contributed by atoms with Crippen LogP contribution < -0.4 is 21.4 Å². The molecule has 0 heterocycles. The van der Waals surface area contributed by atoms with Gasteiger partial charge in [0.15, 0.2) is 0 Å². The zero-order valence-electron chi connectivity index (χ0n) is 20.9. The van der Waals surface area contributed by atoms with E-state index in [0.29, 0.717) is 23.7 Å². The van der Waals surface area contributed by atoms with E-state index in [4.69, 9.17) is 5.21 Å². The van der Waals surface area contributed by atoms with Crippen LogP contribution in [-0.4, -0.2) is 53.3 Å². The summed E-state index contributed by atoms with van der Waals surface area (Å²) in [7, 11) is 0. The predicted octanol–water partition coefficient (Wildman–Crippen LogP) is 2.18. The molecule has 2 aromatic carbocycles. The number of carbonyl (C=O) groups excluding carboxylic acids is 3. The number of hydrogen-bond acceptors (Lipinski definition) is 6. The first-order valence-electron chi connectivity index (χ1n) is 12.5. The van der Waals surface area contributed by atoms with Crippen LogP contribution in [0.5, 0.6) is 0 Å². The van der Waals surface area contributed by atoms with E-state index in [9.17, 15) is 19.5 Å². The minimum absolute atomic E-state index is 0.0736. The Morgan fingerprint density at radius 3 is 2.11 bits per heavy atom. The number of aliphatic hydroxyl groups excluding tert-OH is 1. The standard InChI is InChI=1S/C28H34N4O5/c1-19(33)26(28(36)32-37)31-27(35)23-13-9-20(10-14-23)7-8-21-11-15-24(16-12-21)30-25(34)18-29-17-22-5-3-2-4-6-22/h9-16,19,22,26,29,33,37H,2-6,17-18H2,1H3,(H,30,34)(H,31,35)(H,32,36). The van der Waals surface area contributed by atoms with Crippen molar-refractivity contribution in [2.24, 2.45) is 5.92 Å². The number of rotatable bonds is 9. The molecule has 0 saturated heterocycles. The van der Waals surface area contributed by atoms with Gasteiger partial charge in [0, 0.05) is 22.4 Å². The molecule has 6 N–H and O–H groups in total. The van der Waals surface area contributed by atoms with Crippen LogP contribution in [-0.2, 0) is 9.59 Å². The summed E-state index contributed by atoms with van der Waals surface area (Å²) in [6.07, 6.45) is 5.19. The summed E-state index contributed by atoms with van der Waals surface area (Å²) in [5.74, 6) is 5.17. The molecule has 0 spiro atoms. The minimum Gasteiger partial charge on any atom is -0.391 e. The monoisotopic (exact) mass is 506 g/mol. The number of hydroxylamine groups is 1. The molecule has 3 amide bonds. The maximum Gasteiger partial charge on any atom is 0.268 e. The van der Waals surface area contributed by atoms with E-state index in [2.05, 4.69) is 27.8 Å². The van der Waals surface area contributed by atoms with Crippen molar-refractivity contribution in [3.63, 3.8) is 0 Å². The predicted molar refractivity (Wildman–Crippen MR) is 140 cm³/mol. The van der Waals surface area contributed by atoms with Crippen molar-refractivity contribution < 1.29 is 24.7 Å². The van der Waals surface area contributed by atoms with Crippen LogP contribution >= 0.6 is 0 Å². The van der Waals surface area contributed by atoms with Crippen LogP contribution in [0.4, 0.5) is 5.69 Å². The number of amides is 3. The molecule has 1 aliphatic carbocycles. The summed E-state index contributed by atoms with van der Waals surface area (Å²) >= 11 is 0. The Morgan fingerprint density at radius 2 is 1.54 bits per heavy atom. The Labute approximate surface area is 217 Å². The third-order valence-corrected chi connectivity index (χ3v) is 6.27. The summed E-state index contributed by atoms with van der Waals surface area (Å²) in [5, 5.41) is 26.9. The van der Waals surface area contributed by atoms with Crippen LogP contribution in [0.15, 0.2) is 48.5 Å². The normalized spacial score (nSPS) is 15.0. The smallest absolute Gasteiger partial charge is 0.268 e. The molecule has 2 unspecified atom stereocenters. The molecule has 1 fully saturated rings. The van der Waals surface area contributed by atoms with E-state index in [0.717, 1.165) is 12.1 Å². The molecule has 2 aromatic rings. The van der Waals surface area contributed by atoms with Gasteiger partial charge < -0.3 is 21.1 Å². The second-order valence-electron chi connectivity index (χ2n) is 9.26. The summed E-state index contributed by atoms with van der Waals surface area (Å²) < 4.78 is 0. The van der Waals surface area contributed by atoms with Gasteiger partial charge in [-0.25, -0.2) is 5.48 Å². The molecule has 0 bridgehead atoms. The topological polar surface area (TPSA) is 140 Å². The van der Waals surface area contributed by atoms with Gasteiger partial charge >= 0.3 is 0 Å². The molecule has 0 aromatic heterocycles. The van der Waals surface area contributed by atoms with E-state index < -0.39 is 24.0 Å². The van der Waals surface area contributed by atoms with Gasteiger partial charge in [0.05, 0.1) is 12.6 Å². The second kappa shape index (κ2) is 14.1. The Bertz CT molecular complexity index is 1110. The Kier molecular flexibility index (Phi) is 10.6. The van der Waals surface area contributed by atoms with Crippen LogP contribution in [0.2, 0.25) is 0 Å². The zero-order chi connectivity index (χ0) is 26.6. The highest BCUT2D eigenvalue weighted by atomic mass is 16.5. The molecular weight excluding hydrogens is 472 g/mol. The van der Waals surface area contributed by atoms with Crippen molar-refractivity contribution in [3.05, 3.63) is 65.2 Å². The number of aliphatic hydroxyl groups is 1. The average Bonchev–Trinajstić information content (AvgIpc) is 2.91. The van der Waals surface area contributed by atoms with E-state index in [1.54, 1.807) is 36.4 Å². The van der Waals surface area contributed by atoms with Gasteiger partial charge in [0.2, 0.25) is 5.91 Å². The third kappa shape index (κ3) is 9.03. The molecule has 3 rings (SSSR count). The minimum atomic E-state index is -1.29. The lowest BCUT2D eigenvalue weighted by atomic mass is 9.89. The lowest BCUT2D eigenvalue weighted by Crippen LogP contribution is -2.51. The van der Waals surface area contributed by atoms with Gasteiger partial charge in [0.1, 0.15) is 6.04 Å². The summed E-state index contributed by atoms with van der Waals surface area (Å²) in [6.45, 7) is 2.51. The largest absolute Gasteiger partial charge is 0.391 e. The number of hydrogen-bond donors (Lipinski definition) is 6. The highest BCUT2D eigenvalue weighted by Gasteiger charge is 2.25. The van der Waals surface area contributed by atoms with Crippen LogP contribution in [0, 0.1) is 17.8 Å². The van der Waals surface area contributed by atoms with E-state index in [-0.39, 0.29) is 11.5 Å². The Hall–Kier alpha value is -3.71. The first-order chi connectivity index (χ1) is 17.9. The summed E-state index contributed by atoms with van der Waals surface area (Å²) in [5.41, 5.74) is 3.85. The fourth-order valence-electron chi connectivity index (χ4n) is 4.17. The van der Waals surface area contributed by atoms with Crippen molar-refractivity contribution in [1.82, 2.24) is 16.1 Å². The highest BCUT2D eigenvalue weighted by Crippen LogP contribution is 2.22. The van der Waals surface area contributed by atoms with Gasteiger partial charge in [0.25, 0.3) is 11.8 Å². The molecule has 196 valence electrons. The van der Waals surface area contributed by atoms with Crippen LogP contribution in [0.1, 0.15) is 60.5 Å². The zero-order valence-corrected chi connectivity index (χ0v) is 20.9. The average molecular weight is 507 g/mol. The van der Waals surface area contributed by atoms with Gasteiger partial charge in [-0.05, 0) is 80.8 Å². The number of anilines is 1. The van der Waals surface area contributed by atoms with Gasteiger partial charge in [-0.1, -0.05) is 31.1 Å². The second-order valence-corrected chi connectivity index (χ2v) is 9.26. The number of carbonyl (C=O) groups is 3. The van der Waals surface area contributed by atoms with Gasteiger partial charge in [-0.3, -0.25) is 19.6 Å². The highest BCUT2D eigenvalue weighted by molar-refractivity contribution is 5.97. The maximum atomic E-state index is 12.4. The summed E-state index contributed by atoms with van der Waals surface area (Å²) in [4.78, 5) is 36.1. The molecule has 1 aliphatic rings. The molecule has 9 heteroatoms. The molecule has 2 atom stereocenters. The molecule has 0 radical (unpaired) electrons. The third-order valence-electron chi connectivity index (χ3n) is 6.27. The molecule has 0 aliphatic heterocycles. The van der Waals surface area contributed by atoms with E-state index in [1.165, 1.54) is 44.5 Å². The van der Waals surface area contributed by atoms with Gasteiger partial charge in [-0.2, -0.15) is 0 Å². The quantitative estimate of drug-likeness (QED) is 0.175. The Morgan fingerprint density at radius 1 is 0.946 bits per heavy atom. The van der Waals surface area contributed by atoms with Crippen molar-refractivity contribution in [2.75, 3.05) is 18.4 Å². The molecule has 37 heavy (non-hydrogen) atoms. The fourth-order valence-corrected chi connectivity index (χ4v) is 4.17. The van der Waals surface area contributed by atoms with Crippen LogP contribution in [0.25, 0.3) is 0 Å². The molecular formula is C28H34N4O5. The van der Waals surface area contributed by atoms with E-state index >= 15 is 0 Å². The first kappa shape index (κ1) is 27.9. The SMILES string of the molecule is CC(O)C(NC(=O)c1ccc(C#Cc2ccc(NC(=O)CNCC3CCCCC3)cc2)cc1)C(=O)NO. The van der Waals surface area contributed by atoms with Crippen molar-refractivity contribution in [3.8, 4) is 11.8 Å². The Balaban J connectivity index is 1.48. The first-order valence-corrected chi connectivity index (χ1v) is 12.5. The van der Waals surface area contributed by atoms with Crippen molar-refractivity contribution in [2.45, 2.75) is 51.2 Å². The fraction of sp³-hybridized carbons (Fsp3) is 0.393. The number of benzene rings is 2. The number of nitrogens with one attached hydrogen (secondary N) is 4. The molecule has 1 saturated carbocycles. The maximum absolute atomic E-state index is 12.4. The van der Waals surface area contributed by atoms with Crippen LogP contribution in [0.3, 0.4) is 0 Å². The molecule has 9 nitrogen and oxygen atoms in total. The lowest BCUT2D eigenvalue weighted by Gasteiger charge is -2.21. The van der Waals surface area contributed by atoms with Gasteiger partial charge in [-0.15, -0.1) is 0 Å². The van der Waals surface area contributed by atoms with Crippen molar-refractivity contribution >= 4 is 23.4 Å². The van der Waals surface area contributed by atoms with E-state index in [1.807, 2.05) is 12.1 Å². The lowest BCUT2D eigenvalue weighted by molar-refractivity contribution is -0.133. The summed E-state index contributed by atoms with van der Waals surface area (Å²) in [6, 6.07) is 12.4.